The Hall–Kier alpha value is -2.28. The van der Waals surface area contributed by atoms with Crippen LogP contribution in [0.3, 0.4) is 0 Å². The highest BCUT2D eigenvalue weighted by molar-refractivity contribution is 5.76. The Balaban J connectivity index is 3.34. The smallest absolute Gasteiger partial charge is 0.303 e. The van der Waals surface area contributed by atoms with E-state index in [4.69, 9.17) is 24.1 Å². The minimum Gasteiger partial charge on any atom is -0.481 e. The zero-order valence-electron chi connectivity index (χ0n) is 23.4. The Morgan fingerprint density at radius 3 is 1.47 bits per heavy atom. The summed E-state index contributed by atoms with van der Waals surface area (Å²) in [4.78, 5) is 45.5. The van der Waals surface area contributed by atoms with Crippen LogP contribution < -0.4 is 16.0 Å². The van der Waals surface area contributed by atoms with Gasteiger partial charge in [0.2, 0.25) is 17.7 Å². The van der Waals surface area contributed by atoms with Crippen molar-refractivity contribution < 1.29 is 43.2 Å². The highest BCUT2D eigenvalue weighted by atomic mass is 16.5. The minimum atomic E-state index is -0.799. The lowest BCUT2D eigenvalue weighted by molar-refractivity contribution is -0.137. The van der Waals surface area contributed by atoms with Crippen molar-refractivity contribution in [3.63, 3.8) is 0 Å². The first-order chi connectivity index (χ1) is 18.1. The molecule has 0 spiro atoms. The molecule has 0 fully saturated rings. The topological polar surface area (TPSA) is 162 Å². The number of hydrogen-bond donors (Lipinski definition) is 4. The zero-order valence-corrected chi connectivity index (χ0v) is 23.4. The summed E-state index contributed by atoms with van der Waals surface area (Å²) in [7, 11) is 0. The van der Waals surface area contributed by atoms with Gasteiger partial charge in [-0.2, -0.15) is 0 Å². The first-order valence-corrected chi connectivity index (χ1v) is 13.4. The average molecular weight is 548 g/mol. The van der Waals surface area contributed by atoms with Gasteiger partial charge in [0.05, 0.1) is 52.9 Å². The van der Waals surface area contributed by atoms with Gasteiger partial charge in [0.25, 0.3) is 0 Å². The fourth-order valence-corrected chi connectivity index (χ4v) is 3.03. The maximum atomic E-state index is 11.8. The van der Waals surface area contributed by atoms with Gasteiger partial charge in [-0.25, -0.2) is 0 Å². The summed E-state index contributed by atoms with van der Waals surface area (Å²) in [5, 5.41) is 16.9. The van der Waals surface area contributed by atoms with Gasteiger partial charge in [-0.05, 0) is 18.3 Å². The molecule has 0 bridgehead atoms. The fraction of sp³-hybridized carbons (Fsp3) is 0.846. The second-order valence-corrected chi connectivity index (χ2v) is 9.94. The van der Waals surface area contributed by atoms with E-state index in [1.54, 1.807) is 0 Å². The molecule has 0 rings (SSSR count). The standard InChI is InChI=1S/C26H49N3O9/c1-26(2,3)21-24(32)29-12-16-38-20-18-36-14-9-23(31)28-11-15-37-19-17-35-13-8-22(30)27-10-6-4-5-7-25(33)34/h4-21H2,1-3H3,(H,27,30)(H,28,31)(H,29,32)(H,33,34). The number of unbranched alkanes of at least 4 members (excludes halogenated alkanes) is 2. The summed E-state index contributed by atoms with van der Waals surface area (Å²) in [6, 6.07) is 0. The summed E-state index contributed by atoms with van der Waals surface area (Å²) in [5.41, 5.74) is -0.0372. The first kappa shape index (κ1) is 35.7. The molecule has 0 aromatic rings. The summed E-state index contributed by atoms with van der Waals surface area (Å²) in [6.07, 6.45) is 3.28. The van der Waals surface area contributed by atoms with E-state index in [1.807, 2.05) is 20.8 Å². The van der Waals surface area contributed by atoms with E-state index in [-0.39, 0.29) is 42.4 Å². The van der Waals surface area contributed by atoms with E-state index >= 15 is 0 Å². The SMILES string of the molecule is CC(C)(C)CC(=O)NCCOCCOCCC(=O)NCCOCCOCCC(=O)NCCCCCC(=O)O. The molecule has 0 unspecified atom stereocenters. The van der Waals surface area contributed by atoms with Crippen molar-refractivity contribution in [2.75, 3.05) is 72.5 Å². The van der Waals surface area contributed by atoms with Crippen LogP contribution in [-0.2, 0) is 38.1 Å². The zero-order chi connectivity index (χ0) is 28.5. The number of rotatable bonds is 25. The molecule has 0 radical (unpaired) electrons. The third-order valence-electron chi connectivity index (χ3n) is 4.91. The van der Waals surface area contributed by atoms with Gasteiger partial charge in [0.15, 0.2) is 0 Å². The Morgan fingerprint density at radius 2 is 1.00 bits per heavy atom. The van der Waals surface area contributed by atoms with Crippen molar-refractivity contribution in [1.29, 1.82) is 0 Å². The molecule has 0 aliphatic carbocycles. The number of carboxylic acids is 1. The average Bonchev–Trinajstić information content (AvgIpc) is 2.82. The third-order valence-corrected chi connectivity index (χ3v) is 4.91. The van der Waals surface area contributed by atoms with Crippen molar-refractivity contribution in [3.8, 4) is 0 Å². The van der Waals surface area contributed by atoms with Crippen molar-refractivity contribution in [1.82, 2.24) is 16.0 Å². The number of carbonyl (C=O) groups is 4. The molecule has 0 atom stereocenters. The lowest BCUT2D eigenvalue weighted by atomic mass is 9.92. The number of carboxylic acid groups (broad SMARTS) is 1. The molecule has 4 N–H and O–H groups in total. The molecule has 0 saturated heterocycles. The van der Waals surface area contributed by atoms with Gasteiger partial charge in [-0.3, -0.25) is 19.2 Å². The molecule has 0 aliphatic rings. The van der Waals surface area contributed by atoms with E-state index in [9.17, 15) is 19.2 Å². The summed E-state index contributed by atoms with van der Waals surface area (Å²) in [5.74, 6) is -1.01. The number of ether oxygens (including phenoxy) is 4. The molecule has 38 heavy (non-hydrogen) atoms. The monoisotopic (exact) mass is 547 g/mol. The van der Waals surface area contributed by atoms with Crippen LogP contribution in [0, 0.1) is 5.41 Å². The van der Waals surface area contributed by atoms with Gasteiger partial charge in [-0.1, -0.05) is 27.2 Å². The van der Waals surface area contributed by atoms with E-state index in [2.05, 4.69) is 16.0 Å². The molecule has 0 aromatic heterocycles. The van der Waals surface area contributed by atoms with Crippen molar-refractivity contribution in [2.24, 2.45) is 5.41 Å². The van der Waals surface area contributed by atoms with Crippen LogP contribution in [0.5, 0.6) is 0 Å². The second-order valence-electron chi connectivity index (χ2n) is 9.94. The Kier molecular flexibility index (Phi) is 22.4. The van der Waals surface area contributed by atoms with Crippen LogP contribution in [0.15, 0.2) is 0 Å². The number of carbonyl (C=O) groups excluding carboxylic acids is 3. The maximum Gasteiger partial charge on any atom is 0.303 e. The fourth-order valence-electron chi connectivity index (χ4n) is 3.03. The lowest BCUT2D eigenvalue weighted by Crippen LogP contribution is -2.30. The largest absolute Gasteiger partial charge is 0.481 e. The molecule has 0 aliphatic heterocycles. The summed E-state index contributed by atoms with van der Waals surface area (Å²) in [6.45, 7) is 10.3. The predicted octanol–water partition coefficient (Wildman–Crippen LogP) is 1.26. The number of nitrogens with one attached hydrogen (secondary N) is 3. The van der Waals surface area contributed by atoms with Crippen LogP contribution in [0.25, 0.3) is 0 Å². The van der Waals surface area contributed by atoms with E-state index in [0.29, 0.717) is 85.3 Å². The van der Waals surface area contributed by atoms with Crippen LogP contribution in [0.4, 0.5) is 0 Å². The first-order valence-electron chi connectivity index (χ1n) is 13.4. The van der Waals surface area contributed by atoms with Crippen LogP contribution >= 0.6 is 0 Å². The van der Waals surface area contributed by atoms with E-state index < -0.39 is 5.97 Å². The molecular weight excluding hydrogens is 498 g/mol. The van der Waals surface area contributed by atoms with Crippen molar-refractivity contribution in [3.05, 3.63) is 0 Å². The molecule has 0 aromatic carbocycles. The minimum absolute atomic E-state index is 0.0136. The maximum absolute atomic E-state index is 11.8. The van der Waals surface area contributed by atoms with E-state index in [1.165, 1.54) is 0 Å². The van der Waals surface area contributed by atoms with Crippen LogP contribution in [0.1, 0.15) is 65.7 Å². The van der Waals surface area contributed by atoms with Gasteiger partial charge in [0.1, 0.15) is 0 Å². The van der Waals surface area contributed by atoms with Gasteiger partial charge in [0, 0.05) is 45.3 Å². The summed E-state index contributed by atoms with van der Waals surface area (Å²) < 4.78 is 21.5. The van der Waals surface area contributed by atoms with Crippen LogP contribution in [-0.4, -0.2) is 101 Å². The quantitative estimate of drug-likeness (QED) is 0.123. The lowest BCUT2D eigenvalue weighted by Gasteiger charge is -2.17. The highest BCUT2D eigenvalue weighted by Gasteiger charge is 2.15. The Morgan fingerprint density at radius 1 is 0.553 bits per heavy atom. The van der Waals surface area contributed by atoms with Gasteiger partial charge < -0.3 is 40.0 Å². The third kappa shape index (κ3) is 28.3. The number of hydrogen-bond acceptors (Lipinski definition) is 8. The number of aliphatic carboxylic acids is 1. The van der Waals surface area contributed by atoms with Gasteiger partial charge in [-0.15, -0.1) is 0 Å². The highest BCUT2D eigenvalue weighted by Crippen LogP contribution is 2.17. The normalized spacial score (nSPS) is 11.2. The van der Waals surface area contributed by atoms with E-state index in [0.717, 1.165) is 12.8 Å². The molecular formula is C26H49N3O9. The molecule has 222 valence electrons. The predicted molar refractivity (Wildman–Crippen MR) is 142 cm³/mol. The number of amides is 3. The van der Waals surface area contributed by atoms with Crippen molar-refractivity contribution in [2.45, 2.75) is 65.7 Å². The molecule has 12 nitrogen and oxygen atoms in total. The van der Waals surface area contributed by atoms with Crippen molar-refractivity contribution >= 4 is 23.7 Å². The molecule has 3 amide bonds. The summed E-state index contributed by atoms with van der Waals surface area (Å²) >= 11 is 0. The van der Waals surface area contributed by atoms with Gasteiger partial charge >= 0.3 is 5.97 Å². The molecule has 0 saturated carbocycles. The molecule has 12 heteroatoms. The van der Waals surface area contributed by atoms with Crippen LogP contribution in [0.2, 0.25) is 0 Å². The Bertz CT molecular complexity index is 654. The molecule has 0 heterocycles. The second kappa shape index (κ2) is 23.8. The Labute approximate surface area is 226 Å².